The van der Waals surface area contributed by atoms with Gasteiger partial charge in [-0.1, -0.05) is 23.9 Å². The van der Waals surface area contributed by atoms with Crippen molar-refractivity contribution in [2.75, 3.05) is 0 Å². The lowest BCUT2D eigenvalue weighted by Crippen LogP contribution is -1.88. The zero-order valence-corrected chi connectivity index (χ0v) is 5.97. The molecule has 1 rings (SSSR count). The highest BCUT2D eigenvalue weighted by molar-refractivity contribution is 6.69. The molecular formula is C7H5ClN2. The number of rotatable bonds is 1. The first kappa shape index (κ1) is 7.00. The van der Waals surface area contributed by atoms with Crippen LogP contribution in [-0.2, 0) is 0 Å². The summed E-state index contributed by atoms with van der Waals surface area (Å²) in [4.78, 5) is 7.71. The van der Waals surface area contributed by atoms with Crippen molar-refractivity contribution in [2.24, 2.45) is 9.98 Å². The topological polar surface area (TPSA) is 24.7 Å². The van der Waals surface area contributed by atoms with Gasteiger partial charge in [-0.2, -0.15) is 0 Å². The van der Waals surface area contributed by atoms with Gasteiger partial charge in [-0.05, 0) is 6.08 Å². The van der Waals surface area contributed by atoms with E-state index in [1.807, 2.05) is 0 Å². The molecule has 50 valence electrons. The van der Waals surface area contributed by atoms with Crippen molar-refractivity contribution in [1.82, 2.24) is 0 Å². The fourth-order valence-electron chi connectivity index (χ4n) is 0.478. The van der Waals surface area contributed by atoms with E-state index in [4.69, 9.17) is 11.6 Å². The fraction of sp³-hybridized carbons (Fsp3) is 0. The fourth-order valence-corrected chi connectivity index (χ4v) is 0.628. The van der Waals surface area contributed by atoms with Crippen LogP contribution < -0.4 is 0 Å². The minimum atomic E-state index is 0.368. The minimum Gasteiger partial charge on any atom is -0.229 e. The van der Waals surface area contributed by atoms with Crippen LogP contribution in [0.1, 0.15) is 0 Å². The van der Waals surface area contributed by atoms with Crippen molar-refractivity contribution in [3.63, 3.8) is 0 Å². The Morgan fingerprint density at radius 1 is 1.70 bits per heavy atom. The third-order valence-corrected chi connectivity index (χ3v) is 1.07. The van der Waals surface area contributed by atoms with E-state index in [0.29, 0.717) is 11.0 Å². The molecule has 0 aromatic rings. The molecule has 0 saturated heterocycles. The maximum atomic E-state index is 5.58. The van der Waals surface area contributed by atoms with Crippen molar-refractivity contribution < 1.29 is 0 Å². The quantitative estimate of drug-likeness (QED) is 0.513. The van der Waals surface area contributed by atoms with Gasteiger partial charge >= 0.3 is 0 Å². The molecule has 10 heavy (non-hydrogen) atoms. The van der Waals surface area contributed by atoms with E-state index in [1.54, 1.807) is 6.08 Å². The third-order valence-electron chi connectivity index (χ3n) is 0.878. The lowest BCUT2D eigenvalue weighted by Gasteiger charge is -1.86. The Morgan fingerprint density at radius 2 is 2.50 bits per heavy atom. The van der Waals surface area contributed by atoms with Crippen LogP contribution >= 0.6 is 11.6 Å². The molecule has 0 saturated carbocycles. The molecule has 0 unspecified atom stereocenters. The molecule has 0 atom stereocenters. The van der Waals surface area contributed by atoms with Gasteiger partial charge in [-0.25, -0.2) is 9.98 Å². The first-order valence-electron chi connectivity index (χ1n) is 2.68. The van der Waals surface area contributed by atoms with Crippen LogP contribution in [0.4, 0.5) is 0 Å². The predicted octanol–water partition coefficient (Wildman–Crippen LogP) is 1.89. The second kappa shape index (κ2) is 3.16. The SMILES string of the molecule is C=CC1=NC=C=CC(Cl)=N1. The van der Waals surface area contributed by atoms with E-state index in [2.05, 4.69) is 22.3 Å². The molecule has 3 heteroatoms. The summed E-state index contributed by atoms with van der Waals surface area (Å²) in [5.41, 5.74) is 2.71. The number of halogens is 1. The maximum Gasteiger partial charge on any atom is 0.153 e. The summed E-state index contributed by atoms with van der Waals surface area (Å²) in [5.74, 6) is 0.506. The lowest BCUT2D eigenvalue weighted by atomic mass is 10.6. The zero-order chi connectivity index (χ0) is 7.40. The summed E-state index contributed by atoms with van der Waals surface area (Å²) >= 11 is 5.58. The Hall–Kier alpha value is -1.11. The minimum absolute atomic E-state index is 0.368. The molecule has 1 aliphatic rings. The van der Waals surface area contributed by atoms with Crippen LogP contribution in [0, 0.1) is 0 Å². The Labute approximate surface area is 63.9 Å². The monoisotopic (exact) mass is 152 g/mol. The molecule has 0 amide bonds. The number of hydrogen-bond donors (Lipinski definition) is 0. The van der Waals surface area contributed by atoms with Gasteiger partial charge in [0.05, 0.1) is 6.20 Å². The first-order valence-corrected chi connectivity index (χ1v) is 3.06. The van der Waals surface area contributed by atoms with Crippen molar-refractivity contribution >= 4 is 22.6 Å². The summed E-state index contributed by atoms with van der Waals surface area (Å²) < 4.78 is 0. The van der Waals surface area contributed by atoms with Gasteiger partial charge in [0.25, 0.3) is 0 Å². The van der Waals surface area contributed by atoms with E-state index in [0.717, 1.165) is 0 Å². The van der Waals surface area contributed by atoms with Crippen molar-refractivity contribution in [3.8, 4) is 0 Å². The zero-order valence-electron chi connectivity index (χ0n) is 5.21. The second-order valence-electron chi connectivity index (χ2n) is 1.57. The molecule has 0 N–H and O–H groups in total. The van der Waals surface area contributed by atoms with Gasteiger partial charge in [0.15, 0.2) is 5.84 Å². The highest BCUT2D eigenvalue weighted by atomic mass is 35.5. The van der Waals surface area contributed by atoms with Crippen LogP contribution in [-0.4, -0.2) is 11.0 Å². The number of allylic oxidation sites excluding steroid dienone is 1. The summed E-state index contributed by atoms with van der Waals surface area (Å²) in [5, 5.41) is 0.368. The van der Waals surface area contributed by atoms with Crippen LogP contribution in [0.25, 0.3) is 0 Å². The average molecular weight is 153 g/mol. The van der Waals surface area contributed by atoms with E-state index in [9.17, 15) is 0 Å². The van der Waals surface area contributed by atoms with Crippen molar-refractivity contribution in [3.05, 3.63) is 30.7 Å². The standard InChI is InChI=1S/C7H5ClN2/c1-2-7-9-5-3-4-6(8)10-7/h2,4-5H,1H2. The van der Waals surface area contributed by atoms with Crippen LogP contribution in [0.3, 0.4) is 0 Å². The molecule has 2 nitrogen and oxygen atoms in total. The van der Waals surface area contributed by atoms with Crippen LogP contribution in [0.2, 0.25) is 0 Å². The molecular weight excluding hydrogens is 148 g/mol. The Morgan fingerprint density at radius 3 is 3.20 bits per heavy atom. The van der Waals surface area contributed by atoms with E-state index in [1.165, 1.54) is 12.3 Å². The first-order chi connectivity index (χ1) is 4.83. The summed E-state index contributed by atoms with van der Waals surface area (Å²) in [6, 6.07) is 0. The highest BCUT2D eigenvalue weighted by Crippen LogP contribution is 1.95. The maximum absolute atomic E-state index is 5.58. The van der Waals surface area contributed by atoms with Crippen molar-refractivity contribution in [2.45, 2.75) is 0 Å². The van der Waals surface area contributed by atoms with Gasteiger partial charge in [-0.3, -0.25) is 0 Å². The molecule has 0 aliphatic carbocycles. The van der Waals surface area contributed by atoms with Gasteiger partial charge in [0.1, 0.15) is 5.17 Å². The Kier molecular flexibility index (Phi) is 2.21. The van der Waals surface area contributed by atoms with Gasteiger partial charge in [0, 0.05) is 6.08 Å². The average Bonchev–Trinajstić information content (AvgIpc) is 2.13. The molecule has 0 spiro atoms. The smallest absolute Gasteiger partial charge is 0.153 e. The van der Waals surface area contributed by atoms with Gasteiger partial charge < -0.3 is 0 Å². The molecule has 0 radical (unpaired) electrons. The van der Waals surface area contributed by atoms with Crippen LogP contribution in [0.5, 0.6) is 0 Å². The van der Waals surface area contributed by atoms with Gasteiger partial charge in [0.2, 0.25) is 0 Å². The number of nitrogens with zero attached hydrogens (tertiary/aromatic N) is 2. The number of hydrogen-bond acceptors (Lipinski definition) is 2. The third kappa shape index (κ3) is 1.69. The second-order valence-corrected chi connectivity index (χ2v) is 1.95. The number of aliphatic imine (C=N–C) groups is 2. The van der Waals surface area contributed by atoms with Crippen LogP contribution in [0.15, 0.2) is 40.6 Å². The summed E-state index contributed by atoms with van der Waals surface area (Å²) in [6.45, 7) is 3.50. The molecule has 0 aromatic carbocycles. The van der Waals surface area contributed by atoms with E-state index in [-0.39, 0.29) is 0 Å². The molecule has 1 aliphatic heterocycles. The largest absolute Gasteiger partial charge is 0.229 e. The summed E-state index contributed by atoms with van der Waals surface area (Å²) in [6.07, 6.45) is 4.57. The predicted molar refractivity (Wildman–Crippen MR) is 43.6 cm³/mol. The van der Waals surface area contributed by atoms with E-state index < -0.39 is 0 Å². The Bertz CT molecular complexity index is 267. The molecule has 0 fully saturated rings. The molecule has 1 heterocycles. The van der Waals surface area contributed by atoms with E-state index >= 15 is 0 Å². The van der Waals surface area contributed by atoms with Gasteiger partial charge in [-0.15, -0.1) is 0 Å². The molecule has 0 aromatic heterocycles. The molecule has 0 bridgehead atoms. The normalized spacial score (nSPS) is 15.7. The summed E-state index contributed by atoms with van der Waals surface area (Å²) in [7, 11) is 0. The number of amidine groups is 1. The Balaban J connectivity index is 3.02. The lowest BCUT2D eigenvalue weighted by molar-refractivity contribution is 1.53. The van der Waals surface area contributed by atoms with Crippen molar-refractivity contribution in [1.29, 1.82) is 0 Å². The highest BCUT2D eigenvalue weighted by Gasteiger charge is 1.92.